The van der Waals surface area contributed by atoms with E-state index in [1.165, 1.54) is 18.2 Å². The van der Waals surface area contributed by atoms with Crippen LogP contribution in [0.3, 0.4) is 0 Å². The normalized spacial score (nSPS) is 20.5. The molecule has 1 atom stereocenters. The fourth-order valence-corrected chi connectivity index (χ4v) is 4.34. The van der Waals surface area contributed by atoms with Crippen LogP contribution in [-0.2, 0) is 9.59 Å². The summed E-state index contributed by atoms with van der Waals surface area (Å²) in [6.07, 6.45) is 2.79. The predicted octanol–water partition coefficient (Wildman–Crippen LogP) is 4.46. The molecule has 154 valence electrons. The summed E-state index contributed by atoms with van der Waals surface area (Å²) in [6.45, 7) is 5.96. The van der Waals surface area contributed by atoms with Crippen molar-refractivity contribution < 1.29 is 14.0 Å². The summed E-state index contributed by atoms with van der Waals surface area (Å²) < 4.78 is 13.6. The number of carbonyl (C=O) groups is 2. The maximum atomic E-state index is 13.6. The zero-order chi connectivity index (χ0) is 21.5. The minimum absolute atomic E-state index is 0.0213. The molecule has 0 fully saturated rings. The monoisotopic (exact) mass is 405 g/mol. The number of halogens is 1. The average Bonchev–Trinajstić information content (AvgIpc) is 2.66. The molecule has 0 unspecified atom stereocenters. The zero-order valence-electron chi connectivity index (χ0n) is 17.3. The molecule has 1 aliphatic carbocycles. The van der Waals surface area contributed by atoms with Crippen molar-refractivity contribution in [3.05, 3.63) is 82.7 Å². The average molecular weight is 405 g/mol. The van der Waals surface area contributed by atoms with Gasteiger partial charge in [-0.2, -0.15) is 0 Å². The first kappa shape index (κ1) is 20.0. The third-order valence-electron chi connectivity index (χ3n) is 5.55. The maximum absolute atomic E-state index is 13.6. The Bertz CT molecular complexity index is 1090. The number of amides is 1. The predicted molar refractivity (Wildman–Crippen MR) is 113 cm³/mol. The van der Waals surface area contributed by atoms with Crippen molar-refractivity contribution in [3.63, 3.8) is 0 Å². The van der Waals surface area contributed by atoms with Crippen molar-refractivity contribution in [2.45, 2.75) is 39.5 Å². The molecule has 5 nitrogen and oxygen atoms in total. The number of rotatable bonds is 3. The van der Waals surface area contributed by atoms with Gasteiger partial charge in [-0.1, -0.05) is 26.0 Å². The fraction of sp³-hybridized carbons (Fsp3) is 0.292. The maximum Gasteiger partial charge on any atom is 0.254 e. The molecule has 1 aromatic heterocycles. The van der Waals surface area contributed by atoms with E-state index in [2.05, 4.69) is 29.5 Å². The van der Waals surface area contributed by atoms with E-state index in [-0.39, 0.29) is 17.1 Å². The number of dihydropyridines is 1. The number of aromatic nitrogens is 1. The Kier molecular flexibility index (Phi) is 5.02. The lowest BCUT2D eigenvalue weighted by atomic mass is 9.69. The minimum atomic E-state index is -0.570. The van der Waals surface area contributed by atoms with E-state index in [4.69, 9.17) is 0 Å². The first-order valence-electron chi connectivity index (χ1n) is 9.97. The zero-order valence-corrected chi connectivity index (χ0v) is 17.3. The van der Waals surface area contributed by atoms with Gasteiger partial charge in [0.1, 0.15) is 5.82 Å². The molecule has 0 bridgehead atoms. The molecule has 6 heteroatoms. The summed E-state index contributed by atoms with van der Waals surface area (Å²) in [4.78, 5) is 30.9. The van der Waals surface area contributed by atoms with Crippen LogP contribution < -0.4 is 10.6 Å². The third kappa shape index (κ3) is 3.77. The third-order valence-corrected chi connectivity index (χ3v) is 5.55. The van der Waals surface area contributed by atoms with Gasteiger partial charge < -0.3 is 10.6 Å². The second kappa shape index (κ2) is 7.52. The largest absolute Gasteiger partial charge is 0.362 e. The van der Waals surface area contributed by atoms with E-state index >= 15 is 0 Å². The molecule has 2 N–H and O–H groups in total. The number of benzene rings is 1. The number of nitrogens with zero attached hydrogens (tertiary/aromatic N) is 1. The Hall–Kier alpha value is -3.28. The van der Waals surface area contributed by atoms with E-state index in [0.29, 0.717) is 41.1 Å². The van der Waals surface area contributed by atoms with Gasteiger partial charge in [0.25, 0.3) is 5.91 Å². The smallest absolute Gasteiger partial charge is 0.254 e. The lowest BCUT2D eigenvalue weighted by Crippen LogP contribution is -2.39. The molecule has 1 amide bonds. The Labute approximate surface area is 175 Å². The van der Waals surface area contributed by atoms with Gasteiger partial charge >= 0.3 is 0 Å². The first-order chi connectivity index (χ1) is 14.2. The van der Waals surface area contributed by atoms with Crippen LogP contribution in [0.2, 0.25) is 0 Å². The van der Waals surface area contributed by atoms with E-state index in [1.807, 2.05) is 19.1 Å². The topological polar surface area (TPSA) is 71.1 Å². The summed E-state index contributed by atoms with van der Waals surface area (Å²) >= 11 is 0. The van der Waals surface area contributed by atoms with Gasteiger partial charge in [-0.25, -0.2) is 4.39 Å². The summed E-state index contributed by atoms with van der Waals surface area (Å²) in [5, 5.41) is 6.08. The van der Waals surface area contributed by atoms with Gasteiger partial charge in [0.05, 0.1) is 11.6 Å². The van der Waals surface area contributed by atoms with Crippen LogP contribution in [-0.4, -0.2) is 16.7 Å². The molecule has 0 radical (unpaired) electrons. The lowest BCUT2D eigenvalue weighted by Gasteiger charge is -2.39. The number of carbonyl (C=O) groups excluding carboxylic acids is 2. The molecule has 30 heavy (non-hydrogen) atoms. The van der Waals surface area contributed by atoms with Crippen LogP contribution in [0.25, 0.3) is 0 Å². The quantitative estimate of drug-likeness (QED) is 0.791. The van der Waals surface area contributed by atoms with Crippen LogP contribution in [0.1, 0.15) is 45.2 Å². The summed E-state index contributed by atoms with van der Waals surface area (Å²) in [5.41, 5.74) is 3.39. The van der Waals surface area contributed by atoms with E-state index in [1.54, 1.807) is 18.3 Å². The van der Waals surface area contributed by atoms with Crippen LogP contribution in [0.15, 0.2) is 71.2 Å². The van der Waals surface area contributed by atoms with E-state index in [0.717, 1.165) is 5.70 Å². The molecule has 0 spiro atoms. The molecule has 2 heterocycles. The number of ketones is 1. The highest BCUT2D eigenvalue weighted by molar-refractivity contribution is 6.09. The number of anilines is 1. The Morgan fingerprint density at radius 3 is 2.70 bits per heavy atom. The van der Waals surface area contributed by atoms with Gasteiger partial charge in [0.2, 0.25) is 0 Å². The van der Waals surface area contributed by atoms with Crippen LogP contribution in [0.5, 0.6) is 0 Å². The second-order valence-corrected chi connectivity index (χ2v) is 8.65. The van der Waals surface area contributed by atoms with E-state index < -0.39 is 11.7 Å². The van der Waals surface area contributed by atoms with Crippen molar-refractivity contribution >= 4 is 17.4 Å². The lowest BCUT2D eigenvalue weighted by molar-refractivity contribution is -0.118. The Morgan fingerprint density at radius 1 is 1.20 bits per heavy atom. The van der Waals surface area contributed by atoms with Gasteiger partial charge in [-0.3, -0.25) is 14.6 Å². The van der Waals surface area contributed by atoms with Gasteiger partial charge in [-0.15, -0.1) is 0 Å². The van der Waals surface area contributed by atoms with Crippen molar-refractivity contribution in [2.24, 2.45) is 5.41 Å². The molecule has 0 saturated carbocycles. The molecule has 0 saturated heterocycles. The van der Waals surface area contributed by atoms with Crippen molar-refractivity contribution in [1.29, 1.82) is 0 Å². The van der Waals surface area contributed by atoms with Gasteiger partial charge in [0, 0.05) is 40.8 Å². The molecule has 1 aliphatic heterocycles. The number of Topliss-reactive ketones (excluding diaryl/α,β-unsaturated/α-hetero) is 1. The molecular formula is C24H24FN3O2. The highest BCUT2D eigenvalue weighted by atomic mass is 19.1. The number of allylic oxidation sites excluding steroid dienone is 3. The molecule has 2 aliphatic rings. The van der Waals surface area contributed by atoms with Crippen LogP contribution in [0.4, 0.5) is 10.1 Å². The first-order valence-corrected chi connectivity index (χ1v) is 9.97. The molecular weight excluding hydrogens is 381 g/mol. The Balaban J connectivity index is 1.79. The van der Waals surface area contributed by atoms with Crippen LogP contribution >= 0.6 is 0 Å². The standard InChI is InChI=1S/C24H24FN3O2/c1-14-20(23(30)28-16-8-6-7-15(25)11-16)22(17-9-4-5-10-26-17)21-18(27-14)12-24(2,3)13-19(21)29/h4-11,22,27H,12-13H2,1-3H3,(H,28,30)/t22-/m0/s1. The number of hydrogen-bond acceptors (Lipinski definition) is 4. The number of pyridine rings is 1. The van der Waals surface area contributed by atoms with Crippen molar-refractivity contribution in [1.82, 2.24) is 10.3 Å². The number of hydrogen-bond donors (Lipinski definition) is 2. The minimum Gasteiger partial charge on any atom is -0.362 e. The molecule has 1 aromatic carbocycles. The second-order valence-electron chi connectivity index (χ2n) is 8.65. The van der Waals surface area contributed by atoms with E-state index in [9.17, 15) is 14.0 Å². The fourth-order valence-electron chi connectivity index (χ4n) is 4.34. The highest BCUT2D eigenvalue weighted by Crippen LogP contribution is 2.46. The van der Waals surface area contributed by atoms with Gasteiger partial charge in [0.15, 0.2) is 5.78 Å². The summed E-state index contributed by atoms with van der Waals surface area (Å²) in [5.74, 6) is -1.37. The SMILES string of the molecule is CC1=C(C(=O)Nc2cccc(F)c2)[C@H](c2ccccn2)C2=C(CC(C)(C)CC2=O)N1. The summed E-state index contributed by atoms with van der Waals surface area (Å²) in [6, 6.07) is 11.2. The number of nitrogens with one attached hydrogen (secondary N) is 2. The molecule has 4 rings (SSSR count). The van der Waals surface area contributed by atoms with Crippen molar-refractivity contribution in [2.75, 3.05) is 5.32 Å². The van der Waals surface area contributed by atoms with Gasteiger partial charge in [-0.05, 0) is 49.1 Å². The van der Waals surface area contributed by atoms with Crippen LogP contribution in [0, 0.1) is 11.2 Å². The highest BCUT2D eigenvalue weighted by Gasteiger charge is 2.43. The summed E-state index contributed by atoms with van der Waals surface area (Å²) in [7, 11) is 0. The Morgan fingerprint density at radius 2 is 2.00 bits per heavy atom. The molecule has 2 aromatic rings. The van der Waals surface area contributed by atoms with Crippen molar-refractivity contribution in [3.8, 4) is 0 Å².